The van der Waals surface area contributed by atoms with Gasteiger partial charge in [-0.3, -0.25) is 0 Å². The van der Waals surface area contributed by atoms with Gasteiger partial charge in [0.1, 0.15) is 11.1 Å². The molecule has 2 aromatic rings. The van der Waals surface area contributed by atoms with Gasteiger partial charge in [0.05, 0.1) is 25.3 Å². The van der Waals surface area contributed by atoms with E-state index >= 15 is 0 Å². The van der Waals surface area contributed by atoms with E-state index < -0.39 is 35.3 Å². The van der Waals surface area contributed by atoms with Crippen LogP contribution in [0.5, 0.6) is 0 Å². The summed E-state index contributed by atoms with van der Waals surface area (Å²) in [5, 5.41) is 18.4. The Hall–Kier alpha value is -3.30. The molecule has 130 valence electrons. The van der Waals surface area contributed by atoms with Crippen LogP contribution >= 0.6 is 0 Å². The van der Waals surface area contributed by atoms with E-state index in [0.717, 1.165) is 26.6 Å². The van der Waals surface area contributed by atoms with Gasteiger partial charge in [0.2, 0.25) is 0 Å². The van der Waals surface area contributed by atoms with Crippen LogP contribution in [0.4, 0.5) is 9.59 Å². The average molecular weight is 340 g/mol. The minimum absolute atomic E-state index is 0.276. The molecule has 0 bridgehead atoms. The lowest BCUT2D eigenvalue weighted by atomic mass is 10.2. The molecule has 0 aromatic carbocycles. The fourth-order valence-corrected chi connectivity index (χ4v) is 2.05. The number of rotatable bonds is 2. The Bertz CT molecular complexity index is 746. The lowest BCUT2D eigenvalue weighted by molar-refractivity contribution is 0.0688. The van der Waals surface area contributed by atoms with Gasteiger partial charge in [0.25, 0.3) is 0 Å². The fraction of sp³-hybridized carbons (Fsp3) is 0.286. The molecule has 0 spiro atoms. The molecule has 10 heteroatoms. The van der Waals surface area contributed by atoms with E-state index in [-0.39, 0.29) is 11.0 Å². The van der Waals surface area contributed by atoms with Gasteiger partial charge in [-0.15, -0.1) is 0 Å². The SMILES string of the molecule is CC.COC(=O)n1cc(C(=O)O)c2c1c(C(=O)O)cn2C(=O)OC. The van der Waals surface area contributed by atoms with Crippen molar-refractivity contribution in [3.05, 3.63) is 23.5 Å². The van der Waals surface area contributed by atoms with Gasteiger partial charge >= 0.3 is 24.1 Å². The molecule has 0 atom stereocenters. The Balaban J connectivity index is 0.00000139. The summed E-state index contributed by atoms with van der Waals surface area (Å²) in [4.78, 5) is 46.0. The van der Waals surface area contributed by atoms with Crippen LogP contribution in [0.3, 0.4) is 0 Å². The van der Waals surface area contributed by atoms with Crippen LogP contribution < -0.4 is 0 Å². The van der Waals surface area contributed by atoms with Crippen LogP contribution in [0.25, 0.3) is 11.0 Å². The summed E-state index contributed by atoms with van der Waals surface area (Å²) in [6.45, 7) is 4.00. The van der Waals surface area contributed by atoms with Gasteiger partial charge in [0.15, 0.2) is 0 Å². The van der Waals surface area contributed by atoms with Crippen molar-refractivity contribution in [1.82, 2.24) is 9.13 Å². The number of aromatic carboxylic acids is 2. The van der Waals surface area contributed by atoms with Crippen LogP contribution in [-0.4, -0.2) is 57.7 Å². The topological polar surface area (TPSA) is 137 Å². The zero-order chi connectivity index (χ0) is 18.6. The summed E-state index contributed by atoms with van der Waals surface area (Å²) in [7, 11) is 2.10. The zero-order valence-corrected chi connectivity index (χ0v) is 13.4. The molecule has 0 aliphatic rings. The van der Waals surface area contributed by atoms with Crippen molar-refractivity contribution in [3.8, 4) is 0 Å². The number of carboxylic acid groups (broad SMARTS) is 2. The van der Waals surface area contributed by atoms with Crippen LogP contribution in [0.15, 0.2) is 12.4 Å². The van der Waals surface area contributed by atoms with Crippen molar-refractivity contribution in [2.45, 2.75) is 13.8 Å². The van der Waals surface area contributed by atoms with Crippen LogP contribution in [-0.2, 0) is 9.47 Å². The van der Waals surface area contributed by atoms with Crippen molar-refractivity contribution in [1.29, 1.82) is 0 Å². The molecular weight excluding hydrogens is 324 g/mol. The number of hydrogen-bond acceptors (Lipinski definition) is 6. The molecule has 0 saturated carbocycles. The van der Waals surface area contributed by atoms with Gasteiger partial charge in [-0.1, -0.05) is 13.8 Å². The molecule has 0 saturated heterocycles. The van der Waals surface area contributed by atoms with E-state index in [4.69, 9.17) is 0 Å². The third-order valence-electron chi connectivity index (χ3n) is 2.94. The second kappa shape index (κ2) is 7.31. The number of carboxylic acids is 2. The van der Waals surface area contributed by atoms with E-state index in [1.807, 2.05) is 13.8 Å². The largest absolute Gasteiger partial charge is 0.478 e. The normalized spacial score (nSPS) is 9.83. The smallest absolute Gasteiger partial charge is 0.418 e. The van der Waals surface area contributed by atoms with Crippen molar-refractivity contribution >= 4 is 35.2 Å². The molecule has 2 heterocycles. The van der Waals surface area contributed by atoms with Gasteiger partial charge in [-0.25, -0.2) is 28.3 Å². The summed E-state index contributed by atoms with van der Waals surface area (Å²) < 4.78 is 10.4. The molecule has 10 nitrogen and oxygen atoms in total. The van der Waals surface area contributed by atoms with Crippen LogP contribution in [0.1, 0.15) is 34.6 Å². The monoisotopic (exact) mass is 340 g/mol. The zero-order valence-electron chi connectivity index (χ0n) is 13.4. The molecule has 24 heavy (non-hydrogen) atoms. The van der Waals surface area contributed by atoms with Gasteiger partial charge in [-0.2, -0.15) is 0 Å². The molecule has 0 fully saturated rings. The fourth-order valence-electron chi connectivity index (χ4n) is 2.05. The first-order chi connectivity index (χ1) is 11.3. The Morgan fingerprint density at radius 3 is 1.29 bits per heavy atom. The van der Waals surface area contributed by atoms with Crippen LogP contribution in [0, 0.1) is 0 Å². The molecule has 2 N–H and O–H groups in total. The molecule has 2 aromatic heterocycles. The third-order valence-corrected chi connectivity index (χ3v) is 2.94. The quantitative estimate of drug-likeness (QED) is 0.847. The number of carbonyl (C=O) groups is 4. The lowest BCUT2D eigenvalue weighted by Crippen LogP contribution is -2.12. The standard InChI is InChI=1S/C12H10N2O8.C2H6/c1-21-11(19)13-3-5(9(15)16)8-7(13)6(10(17)18)4-14(8)12(20)22-2;1-2/h3-4H,1-2H3,(H,15,16)(H,17,18);1-2H3. The molecule has 0 radical (unpaired) electrons. The number of methoxy groups -OCH3 is 2. The predicted molar refractivity (Wildman–Crippen MR) is 80.8 cm³/mol. The molecule has 0 unspecified atom stereocenters. The highest BCUT2D eigenvalue weighted by atomic mass is 16.5. The highest BCUT2D eigenvalue weighted by Gasteiger charge is 2.29. The first-order valence-corrected chi connectivity index (χ1v) is 6.73. The maximum absolute atomic E-state index is 11.7. The second-order valence-corrected chi connectivity index (χ2v) is 4.07. The number of carbonyl (C=O) groups excluding carboxylic acids is 2. The van der Waals surface area contributed by atoms with Crippen molar-refractivity contribution in [2.75, 3.05) is 14.2 Å². The summed E-state index contributed by atoms with van der Waals surface area (Å²) in [6.07, 6.45) is -0.236. The van der Waals surface area contributed by atoms with Crippen molar-refractivity contribution in [2.24, 2.45) is 0 Å². The lowest BCUT2D eigenvalue weighted by Gasteiger charge is -2.00. The van der Waals surface area contributed by atoms with E-state index in [1.54, 1.807) is 0 Å². The molecule has 0 aliphatic carbocycles. The first-order valence-electron chi connectivity index (χ1n) is 6.73. The van der Waals surface area contributed by atoms with Crippen molar-refractivity contribution in [3.63, 3.8) is 0 Å². The van der Waals surface area contributed by atoms with Gasteiger partial charge in [0, 0.05) is 12.4 Å². The number of nitrogens with zero attached hydrogens (tertiary/aromatic N) is 2. The maximum atomic E-state index is 11.7. The minimum Gasteiger partial charge on any atom is -0.478 e. The Morgan fingerprint density at radius 1 is 0.792 bits per heavy atom. The Labute approximate surface area is 135 Å². The second-order valence-electron chi connectivity index (χ2n) is 4.07. The third kappa shape index (κ3) is 2.93. The van der Waals surface area contributed by atoms with Crippen molar-refractivity contribution < 1.29 is 38.9 Å². The van der Waals surface area contributed by atoms with Crippen LogP contribution in [0.2, 0.25) is 0 Å². The first kappa shape index (κ1) is 18.7. The average Bonchev–Trinajstić information content (AvgIpc) is 3.13. The summed E-state index contributed by atoms with van der Waals surface area (Å²) in [6, 6.07) is 0. The molecular formula is C14H16N2O8. The highest BCUT2D eigenvalue weighted by Crippen LogP contribution is 2.28. The minimum atomic E-state index is -1.45. The van der Waals surface area contributed by atoms with Gasteiger partial charge < -0.3 is 19.7 Å². The highest BCUT2D eigenvalue weighted by molar-refractivity contribution is 6.13. The summed E-state index contributed by atoms with van der Waals surface area (Å²) in [5.74, 6) is -2.90. The maximum Gasteiger partial charge on any atom is 0.418 e. The number of fused-ring (bicyclic) bond motifs is 1. The predicted octanol–water partition coefficient (Wildman–Crippen LogP) is 2.09. The van der Waals surface area contributed by atoms with E-state index in [0.29, 0.717) is 9.13 Å². The van der Waals surface area contributed by atoms with E-state index in [1.165, 1.54) is 0 Å². The molecule has 0 aliphatic heterocycles. The number of hydrogen-bond donors (Lipinski definition) is 2. The summed E-state index contributed by atoms with van der Waals surface area (Å²) >= 11 is 0. The van der Waals surface area contributed by atoms with E-state index in [9.17, 15) is 29.4 Å². The number of aromatic nitrogens is 2. The Morgan fingerprint density at radius 2 is 1.08 bits per heavy atom. The molecule has 0 amide bonds. The molecule has 2 rings (SSSR count). The van der Waals surface area contributed by atoms with E-state index in [2.05, 4.69) is 9.47 Å². The Kier molecular flexibility index (Phi) is 5.71. The van der Waals surface area contributed by atoms with Gasteiger partial charge in [-0.05, 0) is 0 Å². The summed E-state index contributed by atoms with van der Waals surface area (Å²) in [5.41, 5.74) is -1.44. The number of ether oxygens (including phenoxy) is 2.